The van der Waals surface area contributed by atoms with Crippen molar-refractivity contribution in [2.45, 2.75) is 25.7 Å². The van der Waals surface area contributed by atoms with E-state index < -0.39 is 0 Å². The Morgan fingerprint density at radius 2 is 2.07 bits per heavy atom. The molecular formula is C13H14N2. The van der Waals surface area contributed by atoms with Crippen molar-refractivity contribution in [3.63, 3.8) is 0 Å². The predicted octanol–water partition coefficient (Wildman–Crippen LogP) is 3.26. The zero-order valence-electron chi connectivity index (χ0n) is 8.83. The van der Waals surface area contributed by atoms with Crippen LogP contribution in [0.2, 0.25) is 0 Å². The van der Waals surface area contributed by atoms with Crippen LogP contribution in [0, 0.1) is 6.92 Å². The third-order valence-electron chi connectivity index (χ3n) is 3.01. The first kappa shape index (κ1) is 8.72. The summed E-state index contributed by atoms with van der Waals surface area (Å²) in [5.74, 6) is 1.75. The van der Waals surface area contributed by atoms with E-state index in [1.807, 2.05) is 6.20 Å². The summed E-state index contributed by atoms with van der Waals surface area (Å²) >= 11 is 0. The fourth-order valence-corrected chi connectivity index (χ4v) is 1.91. The Hall–Kier alpha value is -1.57. The summed E-state index contributed by atoms with van der Waals surface area (Å²) in [6.07, 6.45) is 4.62. The van der Waals surface area contributed by atoms with Crippen LogP contribution in [0.3, 0.4) is 0 Å². The van der Waals surface area contributed by atoms with Crippen LogP contribution in [0.1, 0.15) is 30.0 Å². The zero-order chi connectivity index (χ0) is 10.3. The van der Waals surface area contributed by atoms with Crippen LogP contribution in [-0.2, 0) is 0 Å². The van der Waals surface area contributed by atoms with E-state index in [1.165, 1.54) is 29.7 Å². The Balaban J connectivity index is 2.01. The van der Waals surface area contributed by atoms with Gasteiger partial charge < -0.3 is 4.98 Å². The van der Waals surface area contributed by atoms with Crippen LogP contribution in [0.5, 0.6) is 0 Å². The second-order valence-electron chi connectivity index (χ2n) is 4.28. The van der Waals surface area contributed by atoms with Gasteiger partial charge in [0.2, 0.25) is 0 Å². The number of aryl methyl sites for hydroxylation is 1. The van der Waals surface area contributed by atoms with E-state index in [-0.39, 0.29) is 0 Å². The largest absolute Gasteiger partial charge is 0.342 e. The van der Waals surface area contributed by atoms with E-state index in [1.54, 1.807) is 0 Å². The molecule has 1 aromatic heterocycles. The van der Waals surface area contributed by atoms with Gasteiger partial charge in [-0.15, -0.1) is 0 Å². The smallest absolute Gasteiger partial charge is 0.137 e. The lowest BCUT2D eigenvalue weighted by molar-refractivity contribution is 1.05. The van der Waals surface area contributed by atoms with Crippen molar-refractivity contribution in [1.29, 1.82) is 0 Å². The maximum absolute atomic E-state index is 4.45. The fourth-order valence-electron chi connectivity index (χ4n) is 1.91. The number of benzene rings is 1. The SMILES string of the molecule is Cc1ccccc1-c1ncc(C2CC2)[nH]1. The molecule has 1 aromatic carbocycles. The van der Waals surface area contributed by atoms with Gasteiger partial charge in [0.25, 0.3) is 0 Å². The van der Waals surface area contributed by atoms with Crippen molar-refractivity contribution in [2.75, 3.05) is 0 Å². The number of imidazole rings is 1. The molecule has 0 bridgehead atoms. The number of hydrogen-bond acceptors (Lipinski definition) is 1. The molecule has 76 valence electrons. The molecule has 2 nitrogen and oxygen atoms in total. The molecule has 0 spiro atoms. The average molecular weight is 198 g/mol. The standard InChI is InChI=1S/C13H14N2/c1-9-4-2-3-5-11(9)13-14-8-12(15-13)10-6-7-10/h2-5,8,10H,6-7H2,1H3,(H,14,15). The predicted molar refractivity (Wildman–Crippen MR) is 60.7 cm³/mol. The van der Waals surface area contributed by atoms with E-state index >= 15 is 0 Å². The lowest BCUT2D eigenvalue weighted by Gasteiger charge is -2.00. The Kier molecular flexibility index (Phi) is 1.88. The molecule has 3 rings (SSSR count). The Labute approximate surface area is 89.4 Å². The topological polar surface area (TPSA) is 28.7 Å². The van der Waals surface area contributed by atoms with Crippen LogP contribution >= 0.6 is 0 Å². The van der Waals surface area contributed by atoms with E-state index in [9.17, 15) is 0 Å². The number of rotatable bonds is 2. The minimum absolute atomic E-state index is 0.746. The number of nitrogens with one attached hydrogen (secondary N) is 1. The fraction of sp³-hybridized carbons (Fsp3) is 0.308. The highest BCUT2D eigenvalue weighted by atomic mass is 14.9. The van der Waals surface area contributed by atoms with E-state index in [0.29, 0.717) is 0 Å². The van der Waals surface area contributed by atoms with Gasteiger partial charge in [0.05, 0.1) is 0 Å². The van der Waals surface area contributed by atoms with Crippen molar-refractivity contribution in [1.82, 2.24) is 9.97 Å². The Morgan fingerprint density at radius 1 is 1.27 bits per heavy atom. The van der Waals surface area contributed by atoms with Gasteiger partial charge in [-0.2, -0.15) is 0 Å². The van der Waals surface area contributed by atoms with Crippen molar-refractivity contribution in [2.24, 2.45) is 0 Å². The highest BCUT2D eigenvalue weighted by Gasteiger charge is 2.25. The maximum atomic E-state index is 4.45. The van der Waals surface area contributed by atoms with Gasteiger partial charge in [-0.05, 0) is 25.3 Å². The van der Waals surface area contributed by atoms with Crippen molar-refractivity contribution < 1.29 is 0 Å². The van der Waals surface area contributed by atoms with Gasteiger partial charge in [-0.3, -0.25) is 0 Å². The van der Waals surface area contributed by atoms with Crippen LogP contribution in [0.25, 0.3) is 11.4 Å². The summed E-state index contributed by atoms with van der Waals surface area (Å²) in [5.41, 5.74) is 3.78. The maximum Gasteiger partial charge on any atom is 0.137 e. The number of aromatic nitrogens is 2. The molecule has 1 N–H and O–H groups in total. The Morgan fingerprint density at radius 3 is 2.80 bits per heavy atom. The molecule has 2 aromatic rings. The van der Waals surface area contributed by atoms with Gasteiger partial charge in [0, 0.05) is 23.4 Å². The number of H-pyrrole nitrogens is 1. The molecule has 15 heavy (non-hydrogen) atoms. The molecule has 0 amide bonds. The number of hydrogen-bond donors (Lipinski definition) is 1. The summed E-state index contributed by atoms with van der Waals surface area (Å²) in [5, 5.41) is 0. The molecule has 0 aliphatic heterocycles. The molecule has 1 heterocycles. The lowest BCUT2D eigenvalue weighted by atomic mass is 10.1. The van der Waals surface area contributed by atoms with Crippen LogP contribution in [0.15, 0.2) is 30.5 Å². The lowest BCUT2D eigenvalue weighted by Crippen LogP contribution is -1.85. The Bertz CT molecular complexity index is 481. The summed E-state index contributed by atoms with van der Waals surface area (Å²) < 4.78 is 0. The third-order valence-corrected chi connectivity index (χ3v) is 3.01. The molecular weight excluding hydrogens is 184 g/mol. The number of nitrogens with zero attached hydrogens (tertiary/aromatic N) is 1. The third kappa shape index (κ3) is 1.56. The molecule has 0 radical (unpaired) electrons. The highest BCUT2D eigenvalue weighted by molar-refractivity contribution is 5.60. The summed E-state index contributed by atoms with van der Waals surface area (Å²) in [4.78, 5) is 7.87. The molecule has 1 saturated carbocycles. The minimum Gasteiger partial charge on any atom is -0.342 e. The van der Waals surface area contributed by atoms with Crippen LogP contribution in [-0.4, -0.2) is 9.97 Å². The zero-order valence-corrected chi connectivity index (χ0v) is 8.83. The van der Waals surface area contributed by atoms with E-state index in [2.05, 4.69) is 41.2 Å². The second-order valence-corrected chi connectivity index (χ2v) is 4.28. The molecule has 1 aliphatic carbocycles. The van der Waals surface area contributed by atoms with Crippen molar-refractivity contribution >= 4 is 0 Å². The summed E-state index contributed by atoms with van der Waals surface area (Å²) in [6, 6.07) is 8.35. The monoisotopic (exact) mass is 198 g/mol. The first-order valence-electron chi connectivity index (χ1n) is 5.45. The summed E-state index contributed by atoms with van der Waals surface area (Å²) in [7, 11) is 0. The summed E-state index contributed by atoms with van der Waals surface area (Å²) in [6.45, 7) is 2.12. The van der Waals surface area contributed by atoms with Crippen LogP contribution in [0.4, 0.5) is 0 Å². The van der Waals surface area contributed by atoms with E-state index in [0.717, 1.165) is 11.7 Å². The van der Waals surface area contributed by atoms with Gasteiger partial charge in [-0.25, -0.2) is 4.98 Å². The van der Waals surface area contributed by atoms with Crippen molar-refractivity contribution in [3.8, 4) is 11.4 Å². The molecule has 2 heteroatoms. The van der Waals surface area contributed by atoms with Gasteiger partial charge in [0.1, 0.15) is 5.82 Å². The average Bonchev–Trinajstić information content (AvgIpc) is 2.99. The van der Waals surface area contributed by atoms with E-state index in [4.69, 9.17) is 0 Å². The van der Waals surface area contributed by atoms with Gasteiger partial charge >= 0.3 is 0 Å². The van der Waals surface area contributed by atoms with Gasteiger partial charge in [-0.1, -0.05) is 24.3 Å². The molecule has 0 unspecified atom stereocenters. The molecule has 1 aliphatic rings. The molecule has 1 fully saturated rings. The highest BCUT2D eigenvalue weighted by Crippen LogP contribution is 2.39. The van der Waals surface area contributed by atoms with Crippen LogP contribution < -0.4 is 0 Å². The molecule has 0 atom stereocenters. The first-order valence-corrected chi connectivity index (χ1v) is 5.45. The van der Waals surface area contributed by atoms with Crippen molar-refractivity contribution in [3.05, 3.63) is 41.7 Å². The normalized spacial score (nSPS) is 15.5. The number of aromatic amines is 1. The quantitative estimate of drug-likeness (QED) is 0.788. The first-order chi connectivity index (χ1) is 7.34. The van der Waals surface area contributed by atoms with Gasteiger partial charge in [0.15, 0.2) is 0 Å². The second kappa shape index (κ2) is 3.23. The minimum atomic E-state index is 0.746. The molecule has 0 saturated heterocycles.